The molecule has 0 unspecified atom stereocenters. The maximum absolute atomic E-state index is 13.0. The smallest absolute Gasteiger partial charge is 0.266 e. The van der Waals surface area contributed by atoms with Crippen LogP contribution < -0.4 is 10.9 Å². The lowest BCUT2D eigenvalue weighted by Gasteiger charge is -2.06. The second-order valence-electron chi connectivity index (χ2n) is 6.36. The number of nitrogens with zero attached hydrogens (tertiary/aromatic N) is 2. The van der Waals surface area contributed by atoms with Crippen LogP contribution >= 0.6 is 27.3 Å². The number of hydrogen-bond donors (Lipinski definition) is 1. The Balaban J connectivity index is 1.68. The van der Waals surface area contributed by atoms with E-state index in [1.807, 2.05) is 54.6 Å². The lowest BCUT2D eigenvalue weighted by molar-refractivity contribution is 0.103. The first-order valence-electron chi connectivity index (χ1n) is 8.62. The van der Waals surface area contributed by atoms with Crippen LogP contribution in [0.3, 0.4) is 0 Å². The van der Waals surface area contributed by atoms with Gasteiger partial charge in [-0.3, -0.25) is 14.2 Å². The van der Waals surface area contributed by atoms with Crippen LogP contribution in [0.4, 0.5) is 5.69 Å². The van der Waals surface area contributed by atoms with Gasteiger partial charge in [0.05, 0.1) is 23.1 Å². The zero-order chi connectivity index (χ0) is 19.7. The number of hydrogen-bond acceptors (Lipinski definition) is 4. The Kier molecular flexibility index (Phi) is 5.11. The van der Waals surface area contributed by atoms with E-state index in [0.29, 0.717) is 32.9 Å². The van der Waals surface area contributed by atoms with E-state index >= 15 is 0 Å². The van der Waals surface area contributed by atoms with Crippen LogP contribution in [0.15, 0.2) is 70.2 Å². The molecule has 2 heterocycles. The predicted molar refractivity (Wildman–Crippen MR) is 116 cm³/mol. The van der Waals surface area contributed by atoms with Gasteiger partial charge in [-0.2, -0.15) is 0 Å². The van der Waals surface area contributed by atoms with Crippen molar-refractivity contribution in [3.05, 3.63) is 91.8 Å². The van der Waals surface area contributed by atoms with Gasteiger partial charge in [0.1, 0.15) is 4.83 Å². The number of carbonyl (C=O) groups is 1. The summed E-state index contributed by atoms with van der Waals surface area (Å²) in [5.74, 6) is -0.239. The molecule has 0 spiro atoms. The van der Waals surface area contributed by atoms with E-state index in [4.69, 9.17) is 0 Å². The molecule has 4 aromatic rings. The highest BCUT2D eigenvalue weighted by Crippen LogP contribution is 2.28. The largest absolute Gasteiger partial charge is 0.321 e. The van der Waals surface area contributed by atoms with E-state index in [9.17, 15) is 9.59 Å². The summed E-state index contributed by atoms with van der Waals surface area (Å²) in [4.78, 5) is 31.2. The Labute approximate surface area is 173 Å². The Bertz CT molecular complexity index is 1210. The Morgan fingerprint density at radius 3 is 2.57 bits per heavy atom. The highest BCUT2D eigenvalue weighted by Gasteiger charge is 2.19. The second-order valence-corrected chi connectivity index (χ2v) is 8.28. The third kappa shape index (κ3) is 3.63. The second kappa shape index (κ2) is 7.69. The summed E-state index contributed by atoms with van der Waals surface area (Å²) in [5.41, 5.74) is 2.24. The summed E-state index contributed by atoms with van der Waals surface area (Å²) >= 11 is 4.61. The number of fused-ring (bicyclic) bond motifs is 1. The number of amides is 1. The van der Waals surface area contributed by atoms with Crippen molar-refractivity contribution >= 4 is 49.1 Å². The van der Waals surface area contributed by atoms with Crippen LogP contribution in [0.1, 0.15) is 20.8 Å². The third-order valence-electron chi connectivity index (χ3n) is 4.42. The van der Waals surface area contributed by atoms with Crippen molar-refractivity contribution in [2.45, 2.75) is 13.5 Å². The minimum absolute atomic E-state index is 0.134. The SMILES string of the molecule is Cc1c(C(=O)Nc2ccc(Br)cc2)sc2ncn(Cc3ccccc3)c(=O)c12. The minimum Gasteiger partial charge on any atom is -0.321 e. The standard InChI is InChI=1S/C21H16BrN3O2S/c1-13-17-20(23-12-25(21(17)27)11-14-5-3-2-4-6-14)28-18(13)19(26)24-16-9-7-15(22)8-10-16/h2-10,12H,11H2,1H3,(H,24,26). The van der Waals surface area contributed by atoms with Gasteiger partial charge in [0.2, 0.25) is 0 Å². The molecule has 0 bridgehead atoms. The number of thiophene rings is 1. The summed E-state index contributed by atoms with van der Waals surface area (Å²) in [6.07, 6.45) is 1.55. The Morgan fingerprint density at radius 2 is 1.86 bits per heavy atom. The van der Waals surface area contributed by atoms with Gasteiger partial charge in [-0.1, -0.05) is 46.3 Å². The molecular formula is C21H16BrN3O2S. The number of halogens is 1. The molecule has 28 heavy (non-hydrogen) atoms. The van der Waals surface area contributed by atoms with Crippen molar-refractivity contribution in [2.75, 3.05) is 5.32 Å². The topological polar surface area (TPSA) is 64.0 Å². The van der Waals surface area contributed by atoms with E-state index in [1.165, 1.54) is 11.3 Å². The molecule has 2 aromatic heterocycles. The van der Waals surface area contributed by atoms with E-state index in [0.717, 1.165) is 10.0 Å². The molecule has 2 aromatic carbocycles. The molecule has 0 aliphatic heterocycles. The molecule has 1 amide bonds. The average molecular weight is 454 g/mol. The summed E-state index contributed by atoms with van der Waals surface area (Å²) in [6.45, 7) is 2.24. The predicted octanol–water partition coefficient (Wildman–Crippen LogP) is 4.83. The monoisotopic (exact) mass is 453 g/mol. The first kappa shape index (κ1) is 18.6. The maximum Gasteiger partial charge on any atom is 0.266 e. The lowest BCUT2D eigenvalue weighted by Crippen LogP contribution is -2.21. The average Bonchev–Trinajstić information content (AvgIpc) is 3.04. The van der Waals surface area contributed by atoms with E-state index in [2.05, 4.69) is 26.2 Å². The van der Waals surface area contributed by atoms with Gasteiger partial charge in [0, 0.05) is 10.2 Å². The molecule has 140 valence electrons. The molecule has 0 aliphatic carbocycles. The maximum atomic E-state index is 13.0. The van der Waals surface area contributed by atoms with E-state index in [-0.39, 0.29) is 11.5 Å². The number of carbonyl (C=O) groups excluding carboxylic acids is 1. The number of aryl methyl sites for hydroxylation is 1. The summed E-state index contributed by atoms with van der Waals surface area (Å²) in [5, 5.41) is 3.38. The first-order chi connectivity index (χ1) is 13.5. The number of anilines is 1. The van der Waals surface area contributed by atoms with Crippen LogP contribution in [0.2, 0.25) is 0 Å². The van der Waals surface area contributed by atoms with Crippen molar-refractivity contribution in [3.8, 4) is 0 Å². The van der Waals surface area contributed by atoms with Gasteiger partial charge in [-0.15, -0.1) is 11.3 Å². The molecule has 0 saturated carbocycles. The number of aromatic nitrogens is 2. The van der Waals surface area contributed by atoms with Crippen LogP contribution in [0, 0.1) is 6.92 Å². The fourth-order valence-corrected chi connectivity index (χ4v) is 4.29. The molecule has 0 aliphatic rings. The molecule has 0 fully saturated rings. The van der Waals surface area contributed by atoms with Crippen LogP contribution in [0.5, 0.6) is 0 Å². The Hall–Kier alpha value is -2.77. The van der Waals surface area contributed by atoms with Gasteiger partial charge in [-0.05, 0) is 42.3 Å². The molecule has 0 radical (unpaired) electrons. The van der Waals surface area contributed by atoms with Gasteiger partial charge in [0.25, 0.3) is 11.5 Å². The van der Waals surface area contributed by atoms with Crippen molar-refractivity contribution < 1.29 is 4.79 Å². The quantitative estimate of drug-likeness (QED) is 0.481. The molecule has 7 heteroatoms. The first-order valence-corrected chi connectivity index (χ1v) is 10.2. The van der Waals surface area contributed by atoms with Gasteiger partial charge < -0.3 is 5.32 Å². The molecular weight excluding hydrogens is 438 g/mol. The molecule has 4 rings (SSSR count). The van der Waals surface area contributed by atoms with E-state index < -0.39 is 0 Å². The fourth-order valence-electron chi connectivity index (χ4n) is 2.99. The van der Waals surface area contributed by atoms with Crippen molar-refractivity contribution in [2.24, 2.45) is 0 Å². The Morgan fingerprint density at radius 1 is 1.14 bits per heavy atom. The number of rotatable bonds is 4. The van der Waals surface area contributed by atoms with Crippen molar-refractivity contribution in [3.63, 3.8) is 0 Å². The minimum atomic E-state index is -0.239. The zero-order valence-electron chi connectivity index (χ0n) is 15.0. The fraction of sp³-hybridized carbons (Fsp3) is 0.0952. The van der Waals surface area contributed by atoms with Crippen LogP contribution in [0.25, 0.3) is 10.2 Å². The number of benzene rings is 2. The summed E-state index contributed by atoms with van der Waals surface area (Å²) in [6, 6.07) is 17.1. The van der Waals surface area contributed by atoms with Gasteiger partial charge in [-0.25, -0.2) is 4.98 Å². The molecule has 0 atom stereocenters. The molecule has 0 saturated heterocycles. The molecule has 5 nitrogen and oxygen atoms in total. The normalized spacial score (nSPS) is 10.9. The number of nitrogens with one attached hydrogen (secondary N) is 1. The molecule has 1 N–H and O–H groups in total. The summed E-state index contributed by atoms with van der Waals surface area (Å²) in [7, 11) is 0. The van der Waals surface area contributed by atoms with Crippen LogP contribution in [-0.2, 0) is 6.54 Å². The van der Waals surface area contributed by atoms with Crippen molar-refractivity contribution in [1.82, 2.24) is 9.55 Å². The highest BCUT2D eigenvalue weighted by molar-refractivity contribution is 9.10. The van der Waals surface area contributed by atoms with Crippen LogP contribution in [-0.4, -0.2) is 15.5 Å². The van der Waals surface area contributed by atoms with Gasteiger partial charge >= 0.3 is 0 Å². The zero-order valence-corrected chi connectivity index (χ0v) is 17.4. The lowest BCUT2D eigenvalue weighted by atomic mass is 10.2. The van der Waals surface area contributed by atoms with E-state index in [1.54, 1.807) is 17.8 Å². The van der Waals surface area contributed by atoms with Crippen molar-refractivity contribution in [1.29, 1.82) is 0 Å². The third-order valence-corrected chi connectivity index (χ3v) is 6.15. The highest BCUT2D eigenvalue weighted by atomic mass is 79.9. The van der Waals surface area contributed by atoms with Gasteiger partial charge in [0.15, 0.2) is 0 Å². The summed E-state index contributed by atoms with van der Waals surface area (Å²) < 4.78 is 2.51.